The zero-order valence-corrected chi connectivity index (χ0v) is 34.8. The molecule has 62 heavy (non-hydrogen) atoms. The van der Waals surface area contributed by atoms with Crippen LogP contribution < -0.4 is 9.47 Å². The van der Waals surface area contributed by atoms with Crippen LogP contribution in [0.4, 0.5) is 26.3 Å². The second-order valence-corrected chi connectivity index (χ2v) is 16.4. The minimum absolute atomic E-state index is 0.0567. The summed E-state index contributed by atoms with van der Waals surface area (Å²) in [5.41, 5.74) is 1.68. The largest absolute Gasteiger partial charge is 0.484 e. The van der Waals surface area contributed by atoms with Gasteiger partial charge in [-0.15, -0.1) is 22.7 Å². The van der Waals surface area contributed by atoms with Crippen molar-refractivity contribution in [1.82, 2.24) is 19.1 Å². The second-order valence-electron chi connectivity index (χ2n) is 13.4. The molecule has 2 atom stereocenters. The lowest BCUT2D eigenvalue weighted by Gasteiger charge is -2.16. The fourth-order valence-corrected chi connectivity index (χ4v) is 8.37. The lowest BCUT2D eigenvalue weighted by Crippen LogP contribution is -2.09. The van der Waals surface area contributed by atoms with Crippen LogP contribution in [0.5, 0.6) is 11.5 Å². The molecule has 0 bridgehead atoms. The van der Waals surface area contributed by atoms with E-state index in [0.717, 1.165) is 52.5 Å². The van der Waals surface area contributed by atoms with Crippen molar-refractivity contribution in [3.63, 3.8) is 0 Å². The Balaban J connectivity index is 0.000000186. The number of carbonyl (C=O) groups is 2. The standard InChI is InChI=1S/2C21H14ClF3N2O3S/c1-11(12-3-2-4-13(7-12)21(23,24)25)30-17-9-18(31-19(17)20(28)29)27-10-26-15-8-14(22)5-6-16(15)27;1-11(12-3-2-4-13(7-12)21(23,24)25)30-17-9-18(31-19(17)20(28)29)27-10-26-15-6-5-14(22)8-16(15)27/h2*2-11H,1H3,(H,28,29). The van der Waals surface area contributed by atoms with Crippen LogP contribution in [0.1, 0.15) is 67.7 Å². The summed E-state index contributed by atoms with van der Waals surface area (Å²) in [5.74, 6) is -2.28. The number of aromatic carboxylic acids is 2. The zero-order chi connectivity index (χ0) is 44.7. The van der Waals surface area contributed by atoms with Crippen LogP contribution in [0.15, 0.2) is 110 Å². The Morgan fingerprint density at radius 2 is 1.06 bits per heavy atom. The smallest absolute Gasteiger partial charge is 0.416 e. The summed E-state index contributed by atoms with van der Waals surface area (Å²) >= 11 is 14.0. The zero-order valence-electron chi connectivity index (χ0n) is 31.7. The maximum atomic E-state index is 13.0. The molecule has 4 aromatic carbocycles. The van der Waals surface area contributed by atoms with Crippen LogP contribution in [-0.2, 0) is 12.4 Å². The number of hydrogen-bond acceptors (Lipinski definition) is 8. The number of thiophene rings is 2. The molecule has 0 amide bonds. The number of imidazole rings is 2. The monoisotopic (exact) mass is 932 g/mol. The number of carboxylic acid groups (broad SMARTS) is 2. The summed E-state index contributed by atoms with van der Waals surface area (Å²) < 4.78 is 93.0. The van der Waals surface area contributed by atoms with Gasteiger partial charge in [-0.25, -0.2) is 19.6 Å². The Kier molecular flexibility index (Phi) is 12.3. The summed E-state index contributed by atoms with van der Waals surface area (Å²) in [5, 5.41) is 21.3. The van der Waals surface area contributed by atoms with Crippen molar-refractivity contribution in [2.24, 2.45) is 0 Å². The van der Waals surface area contributed by atoms with Crippen molar-refractivity contribution in [2.45, 2.75) is 38.4 Å². The van der Waals surface area contributed by atoms with Gasteiger partial charge in [0, 0.05) is 22.2 Å². The first-order valence-electron chi connectivity index (χ1n) is 17.9. The van der Waals surface area contributed by atoms with Gasteiger partial charge in [-0.05, 0) is 85.6 Å². The molecule has 10 nitrogen and oxygen atoms in total. The molecule has 0 fully saturated rings. The van der Waals surface area contributed by atoms with E-state index >= 15 is 0 Å². The highest BCUT2D eigenvalue weighted by molar-refractivity contribution is 7.17. The molecule has 20 heteroatoms. The number of fused-ring (bicyclic) bond motifs is 2. The Morgan fingerprint density at radius 1 is 0.613 bits per heavy atom. The van der Waals surface area contributed by atoms with Gasteiger partial charge in [-0.1, -0.05) is 47.5 Å². The Labute approximate surface area is 364 Å². The van der Waals surface area contributed by atoms with E-state index in [4.69, 9.17) is 32.7 Å². The third kappa shape index (κ3) is 9.52. The summed E-state index contributed by atoms with van der Waals surface area (Å²) in [6, 6.07) is 22.8. The van der Waals surface area contributed by atoms with Gasteiger partial charge in [0.25, 0.3) is 0 Å². The minimum Gasteiger partial charge on any atom is -0.484 e. The van der Waals surface area contributed by atoms with Gasteiger partial charge in [-0.3, -0.25) is 9.13 Å². The highest BCUT2D eigenvalue weighted by Gasteiger charge is 2.32. The van der Waals surface area contributed by atoms with Gasteiger partial charge < -0.3 is 19.7 Å². The topological polar surface area (TPSA) is 129 Å². The fourth-order valence-electron chi connectivity index (χ4n) is 6.21. The number of rotatable bonds is 10. The normalized spacial score (nSPS) is 12.8. The molecule has 8 aromatic rings. The number of halogens is 8. The molecule has 0 aliphatic rings. The Morgan fingerprint density at radius 3 is 1.55 bits per heavy atom. The molecule has 320 valence electrons. The van der Waals surface area contributed by atoms with Crippen LogP contribution in [0, 0.1) is 0 Å². The summed E-state index contributed by atoms with van der Waals surface area (Å²) in [6.45, 7) is 3.12. The molecule has 0 aliphatic carbocycles. The number of hydrogen-bond donors (Lipinski definition) is 2. The van der Waals surface area contributed by atoms with Crippen molar-refractivity contribution in [3.8, 4) is 21.5 Å². The molecule has 2 N–H and O–H groups in total. The fraction of sp³-hybridized carbons (Fsp3) is 0.143. The molecular weight excluding hydrogens is 906 g/mol. The number of carboxylic acids is 2. The highest BCUT2D eigenvalue weighted by Crippen LogP contribution is 2.40. The maximum absolute atomic E-state index is 13.0. The van der Waals surface area contributed by atoms with Gasteiger partial charge in [0.1, 0.15) is 46.4 Å². The van der Waals surface area contributed by atoms with E-state index in [0.29, 0.717) is 36.6 Å². The predicted octanol–water partition coefficient (Wildman–Crippen LogP) is 13.2. The molecule has 0 aliphatic heterocycles. The molecule has 0 saturated carbocycles. The Bertz CT molecular complexity index is 2960. The van der Waals surface area contributed by atoms with Crippen molar-refractivity contribution in [2.75, 3.05) is 0 Å². The van der Waals surface area contributed by atoms with E-state index in [2.05, 4.69) is 9.97 Å². The van der Waals surface area contributed by atoms with Crippen LogP contribution in [0.2, 0.25) is 10.0 Å². The summed E-state index contributed by atoms with van der Waals surface area (Å²) in [6.07, 6.45) is -7.50. The highest BCUT2D eigenvalue weighted by atomic mass is 35.5. The first-order valence-corrected chi connectivity index (χ1v) is 20.3. The average molecular weight is 934 g/mol. The van der Waals surface area contributed by atoms with Gasteiger partial charge in [0.05, 0.1) is 33.2 Å². The minimum atomic E-state index is -4.48. The van der Waals surface area contributed by atoms with E-state index in [1.54, 1.807) is 72.0 Å². The maximum Gasteiger partial charge on any atom is 0.416 e. The molecule has 0 spiro atoms. The van der Waals surface area contributed by atoms with Gasteiger partial charge >= 0.3 is 24.3 Å². The van der Waals surface area contributed by atoms with Crippen LogP contribution in [0.3, 0.4) is 0 Å². The number of benzene rings is 4. The predicted molar refractivity (Wildman–Crippen MR) is 223 cm³/mol. The van der Waals surface area contributed by atoms with Crippen molar-refractivity contribution >= 4 is 79.9 Å². The molecule has 2 unspecified atom stereocenters. The van der Waals surface area contributed by atoms with Crippen LogP contribution in [0.25, 0.3) is 32.1 Å². The molecule has 4 aromatic heterocycles. The van der Waals surface area contributed by atoms with E-state index in [-0.39, 0.29) is 32.4 Å². The first kappa shape index (κ1) is 44.0. The van der Waals surface area contributed by atoms with E-state index < -0.39 is 47.6 Å². The number of aromatic nitrogens is 4. The lowest BCUT2D eigenvalue weighted by atomic mass is 10.1. The van der Waals surface area contributed by atoms with Crippen LogP contribution >= 0.6 is 45.9 Å². The van der Waals surface area contributed by atoms with Gasteiger partial charge in [0.2, 0.25) is 0 Å². The van der Waals surface area contributed by atoms with Gasteiger partial charge in [-0.2, -0.15) is 26.3 Å². The van der Waals surface area contributed by atoms with Gasteiger partial charge in [0.15, 0.2) is 9.75 Å². The molecule has 4 heterocycles. The quantitative estimate of drug-likeness (QED) is 0.130. The number of alkyl halides is 6. The van der Waals surface area contributed by atoms with E-state index in [9.17, 15) is 46.1 Å². The number of nitrogens with zero attached hydrogens (tertiary/aromatic N) is 4. The SMILES string of the molecule is CC(Oc1cc(-n2cnc3cc(Cl)ccc32)sc1C(=O)O)c1cccc(C(F)(F)F)c1.CC(Oc1cc(-n2cnc3ccc(Cl)cc32)sc1C(=O)O)c1cccc(C(F)(F)F)c1. The van der Waals surface area contributed by atoms with Crippen molar-refractivity contribution < 1.29 is 55.6 Å². The average Bonchev–Trinajstić information content (AvgIpc) is 4.02. The molecule has 0 saturated heterocycles. The summed E-state index contributed by atoms with van der Waals surface area (Å²) in [4.78, 5) is 31.9. The van der Waals surface area contributed by atoms with Crippen molar-refractivity contribution in [3.05, 3.63) is 152 Å². The van der Waals surface area contributed by atoms with E-state index in [1.807, 2.05) is 0 Å². The molecular formula is C42H28Cl2F6N4O6S2. The Hall–Kier alpha value is -6.08. The first-order chi connectivity index (χ1) is 29.3. The van der Waals surface area contributed by atoms with Crippen molar-refractivity contribution in [1.29, 1.82) is 0 Å². The van der Waals surface area contributed by atoms with Crippen LogP contribution in [-0.4, -0.2) is 41.3 Å². The third-order valence-electron chi connectivity index (χ3n) is 9.23. The number of ether oxygens (including phenoxy) is 2. The second kappa shape index (κ2) is 17.4. The molecule has 8 rings (SSSR count). The molecule has 0 radical (unpaired) electrons. The lowest BCUT2D eigenvalue weighted by molar-refractivity contribution is -0.138. The third-order valence-corrected chi connectivity index (χ3v) is 11.9. The summed E-state index contributed by atoms with van der Waals surface area (Å²) in [7, 11) is 0. The van der Waals surface area contributed by atoms with E-state index in [1.165, 1.54) is 36.4 Å².